The lowest BCUT2D eigenvalue weighted by Crippen LogP contribution is -2.35. The largest absolute Gasteiger partial charge is 0.371 e. The number of nitrogens with one attached hydrogen (secondary N) is 1. The molecule has 2 heterocycles. The van der Waals surface area contributed by atoms with Crippen LogP contribution in [0, 0.1) is 11.6 Å². The van der Waals surface area contributed by atoms with Crippen molar-refractivity contribution in [2.75, 3.05) is 16.8 Å². The topological polar surface area (TPSA) is 67.2 Å². The minimum Gasteiger partial charge on any atom is -0.371 e. The molecule has 1 aliphatic rings. The van der Waals surface area contributed by atoms with E-state index in [1.54, 1.807) is 0 Å². The van der Waals surface area contributed by atoms with Crippen molar-refractivity contribution in [3.63, 3.8) is 0 Å². The van der Waals surface area contributed by atoms with E-state index in [4.69, 9.17) is 11.6 Å². The minimum atomic E-state index is -0.808. The number of amides is 1. The maximum absolute atomic E-state index is 13.9. The van der Waals surface area contributed by atoms with E-state index in [2.05, 4.69) is 10.4 Å². The van der Waals surface area contributed by atoms with Gasteiger partial charge in [-0.05, 0) is 18.6 Å². The van der Waals surface area contributed by atoms with Crippen LogP contribution in [0.25, 0.3) is 0 Å². The highest BCUT2D eigenvalue weighted by atomic mass is 35.5. The quantitative estimate of drug-likeness (QED) is 0.914. The third-order valence-corrected chi connectivity index (χ3v) is 4.19. The van der Waals surface area contributed by atoms with Crippen LogP contribution in [0.2, 0.25) is 5.02 Å². The summed E-state index contributed by atoms with van der Waals surface area (Å²) in [6.07, 6.45) is 1.63. The van der Waals surface area contributed by atoms with Crippen LogP contribution in [0.4, 0.5) is 20.2 Å². The SMILES string of the molecule is Cn1ncc(NC2CCN(c3c(F)cccc3F)C2=O)c(Cl)c1=O. The standard InChI is InChI=1S/C15H13ClF2N4O2/c1-21-15(24)12(16)11(7-19-21)20-10-5-6-22(14(10)23)13-8(17)3-2-4-9(13)18/h2-4,7,10,20H,5-6H2,1H3. The number of carbonyl (C=O) groups excluding carboxylic acids is 1. The lowest BCUT2D eigenvalue weighted by atomic mass is 10.2. The van der Waals surface area contributed by atoms with Gasteiger partial charge in [0.1, 0.15) is 28.4 Å². The van der Waals surface area contributed by atoms with Crippen molar-refractivity contribution >= 4 is 28.9 Å². The van der Waals surface area contributed by atoms with Crippen LogP contribution in [0.1, 0.15) is 6.42 Å². The minimum absolute atomic E-state index is 0.101. The Kier molecular flexibility index (Phi) is 4.23. The number of aromatic nitrogens is 2. The summed E-state index contributed by atoms with van der Waals surface area (Å²) in [5, 5.41) is 6.54. The molecule has 1 aromatic carbocycles. The Morgan fingerprint density at radius 3 is 2.62 bits per heavy atom. The van der Waals surface area contributed by atoms with Gasteiger partial charge in [0.15, 0.2) is 0 Å². The summed E-state index contributed by atoms with van der Waals surface area (Å²) in [5.74, 6) is -2.12. The second kappa shape index (κ2) is 6.20. The van der Waals surface area contributed by atoms with Crippen LogP contribution >= 0.6 is 11.6 Å². The van der Waals surface area contributed by atoms with Crippen molar-refractivity contribution < 1.29 is 13.6 Å². The molecule has 1 atom stereocenters. The van der Waals surface area contributed by atoms with Gasteiger partial charge >= 0.3 is 0 Å². The van der Waals surface area contributed by atoms with Gasteiger partial charge in [0.2, 0.25) is 5.91 Å². The normalized spacial score (nSPS) is 17.4. The highest BCUT2D eigenvalue weighted by Gasteiger charge is 2.35. The molecule has 0 bridgehead atoms. The average molecular weight is 355 g/mol. The lowest BCUT2D eigenvalue weighted by Gasteiger charge is -2.19. The van der Waals surface area contributed by atoms with Gasteiger partial charge in [-0.15, -0.1) is 0 Å². The molecule has 0 saturated carbocycles. The van der Waals surface area contributed by atoms with Crippen molar-refractivity contribution in [1.82, 2.24) is 9.78 Å². The fourth-order valence-electron chi connectivity index (χ4n) is 2.58. The van der Waals surface area contributed by atoms with E-state index in [0.717, 1.165) is 21.7 Å². The first-order valence-corrected chi connectivity index (χ1v) is 7.51. The molecule has 1 amide bonds. The zero-order valence-electron chi connectivity index (χ0n) is 12.6. The Morgan fingerprint density at radius 1 is 1.29 bits per heavy atom. The maximum atomic E-state index is 13.9. The maximum Gasteiger partial charge on any atom is 0.287 e. The lowest BCUT2D eigenvalue weighted by molar-refractivity contribution is -0.117. The van der Waals surface area contributed by atoms with E-state index in [-0.39, 0.29) is 22.9 Å². The van der Waals surface area contributed by atoms with Crippen molar-refractivity contribution in [2.24, 2.45) is 7.05 Å². The summed E-state index contributed by atoms with van der Waals surface area (Å²) in [6, 6.07) is 2.66. The van der Waals surface area contributed by atoms with Crippen LogP contribution < -0.4 is 15.8 Å². The Morgan fingerprint density at radius 2 is 1.96 bits per heavy atom. The molecular weight excluding hydrogens is 342 g/mol. The van der Waals surface area contributed by atoms with E-state index < -0.39 is 29.1 Å². The monoisotopic (exact) mass is 354 g/mol. The summed E-state index contributed by atoms with van der Waals surface area (Å²) >= 11 is 5.95. The van der Waals surface area contributed by atoms with Crippen LogP contribution in [0.15, 0.2) is 29.2 Å². The Hall–Kier alpha value is -2.48. The smallest absolute Gasteiger partial charge is 0.287 e. The van der Waals surface area contributed by atoms with Crippen molar-refractivity contribution in [2.45, 2.75) is 12.5 Å². The van der Waals surface area contributed by atoms with Crippen LogP contribution in [-0.4, -0.2) is 28.3 Å². The molecule has 0 aliphatic carbocycles. The van der Waals surface area contributed by atoms with Crippen LogP contribution in [0.3, 0.4) is 0 Å². The zero-order chi connectivity index (χ0) is 17.4. The van der Waals surface area contributed by atoms with E-state index in [1.165, 1.54) is 19.3 Å². The summed E-state index contributed by atoms with van der Waals surface area (Å²) in [7, 11) is 1.45. The first-order chi connectivity index (χ1) is 11.4. The van der Waals surface area contributed by atoms with Gasteiger partial charge in [0.05, 0.1) is 11.9 Å². The van der Waals surface area contributed by atoms with Gasteiger partial charge in [-0.3, -0.25) is 9.59 Å². The number of rotatable bonds is 3. The predicted molar refractivity (Wildman–Crippen MR) is 85.2 cm³/mol. The third-order valence-electron chi connectivity index (χ3n) is 3.82. The average Bonchev–Trinajstić information content (AvgIpc) is 2.89. The van der Waals surface area contributed by atoms with E-state index in [0.29, 0.717) is 6.42 Å². The molecule has 126 valence electrons. The highest BCUT2D eigenvalue weighted by Crippen LogP contribution is 2.29. The number of benzene rings is 1. The summed E-state index contributed by atoms with van der Waals surface area (Å²) in [5.41, 5.74) is -0.682. The number of hydrogen-bond acceptors (Lipinski definition) is 4. The first-order valence-electron chi connectivity index (χ1n) is 7.14. The summed E-state index contributed by atoms with van der Waals surface area (Å²) in [4.78, 5) is 25.3. The van der Waals surface area contributed by atoms with E-state index >= 15 is 0 Å². The molecule has 0 spiro atoms. The van der Waals surface area contributed by atoms with Gasteiger partial charge in [0, 0.05) is 13.6 Å². The molecule has 1 unspecified atom stereocenters. The molecule has 1 fully saturated rings. The predicted octanol–water partition coefficient (Wildman–Crippen LogP) is 1.93. The molecular formula is C15H13ClF2N4O2. The highest BCUT2D eigenvalue weighted by molar-refractivity contribution is 6.33. The second-order valence-electron chi connectivity index (χ2n) is 5.35. The molecule has 1 N–H and O–H groups in total. The molecule has 2 aromatic rings. The number of nitrogens with zero attached hydrogens (tertiary/aromatic N) is 3. The fraction of sp³-hybridized carbons (Fsp3) is 0.267. The second-order valence-corrected chi connectivity index (χ2v) is 5.72. The molecule has 6 nitrogen and oxygen atoms in total. The number of anilines is 2. The molecule has 9 heteroatoms. The van der Waals surface area contributed by atoms with Gasteiger partial charge < -0.3 is 10.2 Å². The summed E-state index contributed by atoms with van der Waals surface area (Å²) in [6.45, 7) is 0.143. The zero-order valence-corrected chi connectivity index (χ0v) is 13.3. The summed E-state index contributed by atoms with van der Waals surface area (Å²) < 4.78 is 28.8. The number of aryl methyl sites for hydroxylation is 1. The molecule has 1 aromatic heterocycles. The Bertz CT molecular complexity index is 851. The van der Waals surface area contributed by atoms with Gasteiger partial charge in [-0.25, -0.2) is 13.5 Å². The molecule has 1 aliphatic heterocycles. The number of halogens is 3. The van der Waals surface area contributed by atoms with Crippen molar-refractivity contribution in [3.8, 4) is 0 Å². The van der Waals surface area contributed by atoms with Crippen molar-refractivity contribution in [1.29, 1.82) is 0 Å². The Labute approximate surface area is 140 Å². The van der Waals surface area contributed by atoms with Gasteiger partial charge in [-0.2, -0.15) is 5.10 Å². The number of hydrogen-bond donors (Lipinski definition) is 1. The number of carbonyl (C=O) groups is 1. The molecule has 0 radical (unpaired) electrons. The first kappa shape index (κ1) is 16.4. The van der Waals surface area contributed by atoms with Crippen LogP contribution in [0.5, 0.6) is 0 Å². The molecule has 24 heavy (non-hydrogen) atoms. The van der Waals surface area contributed by atoms with Gasteiger partial charge in [0.25, 0.3) is 5.56 Å². The Balaban J connectivity index is 1.85. The van der Waals surface area contributed by atoms with E-state index in [1.807, 2.05) is 0 Å². The molecule has 3 rings (SSSR count). The van der Waals surface area contributed by atoms with Crippen molar-refractivity contribution in [3.05, 3.63) is 51.4 Å². The molecule has 1 saturated heterocycles. The third kappa shape index (κ3) is 2.73. The van der Waals surface area contributed by atoms with E-state index in [9.17, 15) is 18.4 Å². The number of para-hydroxylation sites is 1. The fourth-order valence-corrected chi connectivity index (χ4v) is 2.81. The van der Waals surface area contributed by atoms with Gasteiger partial charge in [-0.1, -0.05) is 17.7 Å². The van der Waals surface area contributed by atoms with Crippen LogP contribution in [-0.2, 0) is 11.8 Å².